The zero-order valence-electron chi connectivity index (χ0n) is 11.0. The topological polar surface area (TPSA) is 26.3 Å². The summed E-state index contributed by atoms with van der Waals surface area (Å²) in [5, 5.41) is 0.550. The molecule has 2 nitrogen and oxygen atoms in total. The Morgan fingerprint density at radius 3 is 2.70 bits per heavy atom. The average Bonchev–Trinajstić information content (AvgIpc) is 2.45. The van der Waals surface area contributed by atoms with E-state index in [1.54, 1.807) is 31.2 Å². The van der Waals surface area contributed by atoms with E-state index in [1.807, 2.05) is 24.3 Å². The summed E-state index contributed by atoms with van der Waals surface area (Å²) in [6, 6.07) is 14.7. The van der Waals surface area contributed by atoms with E-state index in [-0.39, 0.29) is 5.78 Å². The largest absolute Gasteiger partial charge is 0.366 e. The van der Waals surface area contributed by atoms with Gasteiger partial charge in [-0.25, -0.2) is 0 Å². The van der Waals surface area contributed by atoms with Crippen molar-refractivity contribution in [2.45, 2.75) is 19.6 Å². The predicted molar refractivity (Wildman–Crippen MR) is 84.2 cm³/mol. The molecule has 0 aliphatic carbocycles. The lowest BCUT2D eigenvalue weighted by molar-refractivity contribution is 0.0410. The van der Waals surface area contributed by atoms with Crippen LogP contribution >= 0.6 is 27.5 Å². The van der Waals surface area contributed by atoms with Crippen LogP contribution in [0.4, 0.5) is 0 Å². The Hall–Kier alpha value is -1.16. The Bertz CT molecular complexity index is 613. The highest BCUT2D eigenvalue weighted by atomic mass is 79.9. The fourth-order valence-electron chi connectivity index (χ4n) is 1.78. The van der Waals surface area contributed by atoms with Gasteiger partial charge in [-0.05, 0) is 30.7 Å². The molecule has 1 unspecified atom stereocenters. The minimum Gasteiger partial charge on any atom is -0.366 e. The van der Waals surface area contributed by atoms with E-state index in [2.05, 4.69) is 15.9 Å². The average molecular weight is 354 g/mol. The summed E-state index contributed by atoms with van der Waals surface area (Å²) in [6.45, 7) is 2.13. The van der Waals surface area contributed by atoms with Gasteiger partial charge in [0.15, 0.2) is 5.78 Å². The molecule has 2 aromatic carbocycles. The van der Waals surface area contributed by atoms with Gasteiger partial charge >= 0.3 is 0 Å². The van der Waals surface area contributed by atoms with Crippen molar-refractivity contribution in [3.63, 3.8) is 0 Å². The standard InChI is InChI=1S/C16H14BrClO2/c1-11(16(19)12-6-4-7-14(18)9-12)20-10-13-5-2-3-8-15(13)17/h2-9,11H,10H2,1H3. The van der Waals surface area contributed by atoms with Gasteiger partial charge in [-0.3, -0.25) is 4.79 Å². The van der Waals surface area contributed by atoms with Crippen molar-refractivity contribution >= 4 is 33.3 Å². The van der Waals surface area contributed by atoms with Gasteiger partial charge in [-0.2, -0.15) is 0 Å². The molecule has 0 heterocycles. The van der Waals surface area contributed by atoms with Crippen molar-refractivity contribution in [1.82, 2.24) is 0 Å². The molecule has 0 aliphatic rings. The Morgan fingerprint density at radius 2 is 2.00 bits per heavy atom. The molecule has 4 heteroatoms. The summed E-state index contributed by atoms with van der Waals surface area (Å²) in [4.78, 5) is 12.2. The zero-order valence-corrected chi connectivity index (χ0v) is 13.3. The summed E-state index contributed by atoms with van der Waals surface area (Å²) in [7, 11) is 0. The number of benzene rings is 2. The molecule has 0 spiro atoms. The van der Waals surface area contributed by atoms with E-state index in [0.717, 1.165) is 10.0 Å². The van der Waals surface area contributed by atoms with Crippen LogP contribution in [0.25, 0.3) is 0 Å². The number of halogens is 2. The van der Waals surface area contributed by atoms with Crippen LogP contribution < -0.4 is 0 Å². The highest BCUT2D eigenvalue weighted by molar-refractivity contribution is 9.10. The quantitative estimate of drug-likeness (QED) is 0.715. The molecule has 2 aromatic rings. The molecule has 1 atom stereocenters. The van der Waals surface area contributed by atoms with Crippen LogP contribution in [0.1, 0.15) is 22.8 Å². The summed E-state index contributed by atoms with van der Waals surface area (Å²) in [5.74, 6) is -0.0699. The van der Waals surface area contributed by atoms with Gasteiger partial charge in [-0.15, -0.1) is 0 Å². The van der Waals surface area contributed by atoms with E-state index < -0.39 is 6.10 Å². The van der Waals surface area contributed by atoms with Crippen LogP contribution in [0, 0.1) is 0 Å². The first-order valence-electron chi connectivity index (χ1n) is 6.22. The van der Waals surface area contributed by atoms with Gasteiger partial charge in [0, 0.05) is 15.1 Å². The third kappa shape index (κ3) is 3.92. The van der Waals surface area contributed by atoms with Crippen molar-refractivity contribution in [3.8, 4) is 0 Å². The molecule has 2 rings (SSSR count). The highest BCUT2D eigenvalue weighted by Crippen LogP contribution is 2.18. The second-order valence-corrected chi connectivity index (χ2v) is 5.71. The molecule has 0 saturated heterocycles. The van der Waals surface area contributed by atoms with Gasteiger partial charge in [-0.1, -0.05) is 57.9 Å². The van der Waals surface area contributed by atoms with Gasteiger partial charge in [0.25, 0.3) is 0 Å². The number of hydrogen-bond donors (Lipinski definition) is 0. The third-order valence-corrected chi connectivity index (χ3v) is 3.93. The van der Waals surface area contributed by atoms with Crippen LogP contribution in [0.15, 0.2) is 53.0 Å². The lowest BCUT2D eigenvalue weighted by Crippen LogP contribution is -2.20. The molecular weight excluding hydrogens is 340 g/mol. The minimum atomic E-state index is -0.513. The second kappa shape index (κ2) is 7.02. The summed E-state index contributed by atoms with van der Waals surface area (Å²) in [6.07, 6.45) is -0.513. The van der Waals surface area contributed by atoms with E-state index in [1.165, 1.54) is 0 Å². The van der Waals surface area contributed by atoms with Crippen molar-refractivity contribution < 1.29 is 9.53 Å². The molecule has 20 heavy (non-hydrogen) atoms. The monoisotopic (exact) mass is 352 g/mol. The van der Waals surface area contributed by atoms with Crippen LogP contribution in [0.5, 0.6) is 0 Å². The highest BCUT2D eigenvalue weighted by Gasteiger charge is 2.16. The molecule has 0 bridgehead atoms. The van der Waals surface area contributed by atoms with Crippen LogP contribution in [-0.2, 0) is 11.3 Å². The molecule has 0 amide bonds. The number of Topliss-reactive ketones (excluding diaryl/α,β-unsaturated/α-hetero) is 1. The van der Waals surface area contributed by atoms with E-state index >= 15 is 0 Å². The maximum atomic E-state index is 12.2. The van der Waals surface area contributed by atoms with Crippen LogP contribution in [0.2, 0.25) is 5.02 Å². The first-order chi connectivity index (χ1) is 9.58. The Kier molecular flexibility index (Phi) is 5.35. The predicted octanol–water partition coefficient (Wildman–Crippen LogP) is 4.89. The Balaban J connectivity index is 2.00. The van der Waals surface area contributed by atoms with Crippen molar-refractivity contribution in [1.29, 1.82) is 0 Å². The molecule has 0 aromatic heterocycles. The first-order valence-corrected chi connectivity index (χ1v) is 7.40. The number of carbonyl (C=O) groups is 1. The molecule has 0 fully saturated rings. The van der Waals surface area contributed by atoms with Crippen molar-refractivity contribution in [3.05, 3.63) is 69.2 Å². The number of rotatable bonds is 5. The van der Waals surface area contributed by atoms with Gasteiger partial charge in [0.1, 0.15) is 6.10 Å². The summed E-state index contributed by atoms with van der Waals surface area (Å²) < 4.78 is 6.62. The Labute approximate surface area is 131 Å². The lowest BCUT2D eigenvalue weighted by Gasteiger charge is -2.13. The molecule has 0 aliphatic heterocycles. The second-order valence-electron chi connectivity index (χ2n) is 4.42. The SMILES string of the molecule is CC(OCc1ccccc1Br)C(=O)c1cccc(Cl)c1. The van der Waals surface area contributed by atoms with Gasteiger partial charge in [0.2, 0.25) is 0 Å². The van der Waals surface area contributed by atoms with Crippen LogP contribution in [0.3, 0.4) is 0 Å². The molecule has 0 radical (unpaired) electrons. The molecule has 104 valence electrons. The Morgan fingerprint density at radius 1 is 1.25 bits per heavy atom. The first kappa shape index (κ1) is 15.2. The molecule has 0 N–H and O–H groups in total. The molecule has 0 saturated carbocycles. The van der Waals surface area contributed by atoms with Crippen molar-refractivity contribution in [2.24, 2.45) is 0 Å². The zero-order chi connectivity index (χ0) is 14.5. The smallest absolute Gasteiger partial charge is 0.191 e. The number of ketones is 1. The normalized spacial score (nSPS) is 12.2. The van der Waals surface area contributed by atoms with E-state index in [0.29, 0.717) is 17.2 Å². The van der Waals surface area contributed by atoms with E-state index in [9.17, 15) is 4.79 Å². The van der Waals surface area contributed by atoms with Crippen LogP contribution in [-0.4, -0.2) is 11.9 Å². The molecular formula is C16H14BrClO2. The summed E-state index contributed by atoms with van der Waals surface area (Å²) in [5.41, 5.74) is 1.58. The maximum Gasteiger partial charge on any atom is 0.191 e. The fraction of sp³-hybridized carbons (Fsp3) is 0.188. The summed E-state index contributed by atoms with van der Waals surface area (Å²) >= 11 is 9.34. The fourth-order valence-corrected chi connectivity index (χ4v) is 2.37. The lowest BCUT2D eigenvalue weighted by atomic mass is 10.1. The third-order valence-electron chi connectivity index (χ3n) is 2.93. The van der Waals surface area contributed by atoms with E-state index in [4.69, 9.17) is 16.3 Å². The maximum absolute atomic E-state index is 12.2. The number of hydrogen-bond acceptors (Lipinski definition) is 2. The van der Waals surface area contributed by atoms with Gasteiger partial charge < -0.3 is 4.74 Å². The van der Waals surface area contributed by atoms with Crippen molar-refractivity contribution in [2.75, 3.05) is 0 Å². The minimum absolute atomic E-state index is 0.0699. The number of ether oxygens (including phenoxy) is 1. The number of carbonyl (C=O) groups excluding carboxylic acids is 1. The van der Waals surface area contributed by atoms with Gasteiger partial charge in [0.05, 0.1) is 6.61 Å².